The van der Waals surface area contributed by atoms with Gasteiger partial charge in [0.1, 0.15) is 5.82 Å². The molecular weight excluding hydrogens is 291 g/mol. The van der Waals surface area contributed by atoms with Crippen LogP contribution in [0.2, 0.25) is 0 Å². The SMILES string of the molecule is Cc1c([C@H](C)NCc2cccnc2)cnn1-c1ccc(F)cc1. The summed E-state index contributed by atoms with van der Waals surface area (Å²) >= 11 is 0. The Morgan fingerprint density at radius 2 is 1.96 bits per heavy atom. The van der Waals surface area contributed by atoms with Gasteiger partial charge in [-0.05, 0) is 49.7 Å². The molecule has 2 heterocycles. The van der Waals surface area contributed by atoms with Crippen molar-refractivity contribution in [3.63, 3.8) is 0 Å². The van der Waals surface area contributed by atoms with E-state index in [0.29, 0.717) is 0 Å². The summed E-state index contributed by atoms with van der Waals surface area (Å²) in [7, 11) is 0. The first-order valence-electron chi connectivity index (χ1n) is 7.58. The summed E-state index contributed by atoms with van der Waals surface area (Å²) in [5, 5.41) is 7.91. The number of hydrogen-bond donors (Lipinski definition) is 1. The van der Waals surface area contributed by atoms with Gasteiger partial charge in [-0.2, -0.15) is 5.10 Å². The summed E-state index contributed by atoms with van der Waals surface area (Å²) in [5.74, 6) is -0.245. The molecular formula is C18H19FN4. The molecule has 0 saturated carbocycles. The molecule has 0 unspecified atom stereocenters. The van der Waals surface area contributed by atoms with E-state index >= 15 is 0 Å². The summed E-state index contributed by atoms with van der Waals surface area (Å²) < 4.78 is 14.9. The van der Waals surface area contributed by atoms with E-state index in [9.17, 15) is 4.39 Å². The molecule has 0 aliphatic rings. The first-order chi connectivity index (χ1) is 11.1. The van der Waals surface area contributed by atoms with E-state index in [0.717, 1.165) is 29.1 Å². The largest absolute Gasteiger partial charge is 0.306 e. The van der Waals surface area contributed by atoms with Gasteiger partial charge in [0, 0.05) is 36.2 Å². The van der Waals surface area contributed by atoms with Gasteiger partial charge in [-0.15, -0.1) is 0 Å². The van der Waals surface area contributed by atoms with E-state index in [4.69, 9.17) is 0 Å². The molecule has 1 N–H and O–H groups in total. The fourth-order valence-electron chi connectivity index (χ4n) is 2.57. The van der Waals surface area contributed by atoms with Gasteiger partial charge in [-0.25, -0.2) is 9.07 Å². The van der Waals surface area contributed by atoms with Gasteiger partial charge in [-0.3, -0.25) is 4.98 Å². The standard InChI is InChI=1S/C18H19FN4/c1-13(21-11-15-4-3-9-20-10-15)18-12-22-23(14(18)2)17-7-5-16(19)6-8-17/h3-10,12-13,21H,11H2,1-2H3/t13-/m0/s1. The molecule has 0 radical (unpaired) electrons. The van der Waals surface area contributed by atoms with Crippen LogP contribution in [-0.2, 0) is 6.54 Å². The highest BCUT2D eigenvalue weighted by Gasteiger charge is 2.14. The van der Waals surface area contributed by atoms with E-state index < -0.39 is 0 Å². The second kappa shape index (κ2) is 6.71. The molecule has 0 bridgehead atoms. The third-order valence-corrected chi connectivity index (χ3v) is 3.92. The third-order valence-electron chi connectivity index (χ3n) is 3.92. The van der Waals surface area contributed by atoms with Gasteiger partial charge in [0.25, 0.3) is 0 Å². The Bertz CT molecular complexity index is 765. The number of halogens is 1. The number of hydrogen-bond acceptors (Lipinski definition) is 3. The molecule has 0 aliphatic carbocycles. The van der Waals surface area contributed by atoms with E-state index in [1.54, 1.807) is 18.3 Å². The average Bonchev–Trinajstić information content (AvgIpc) is 2.96. The van der Waals surface area contributed by atoms with E-state index in [-0.39, 0.29) is 11.9 Å². The van der Waals surface area contributed by atoms with Gasteiger partial charge in [0.15, 0.2) is 0 Å². The molecule has 1 aromatic carbocycles. The lowest BCUT2D eigenvalue weighted by Gasteiger charge is -2.14. The molecule has 0 fully saturated rings. The summed E-state index contributed by atoms with van der Waals surface area (Å²) in [5.41, 5.74) is 4.17. The Kier molecular flexibility index (Phi) is 4.48. The lowest BCUT2D eigenvalue weighted by molar-refractivity contribution is 0.571. The van der Waals surface area contributed by atoms with Gasteiger partial charge < -0.3 is 5.32 Å². The van der Waals surface area contributed by atoms with Crippen LogP contribution in [0.4, 0.5) is 4.39 Å². The third kappa shape index (κ3) is 3.46. The van der Waals surface area contributed by atoms with E-state index in [2.05, 4.69) is 22.3 Å². The molecule has 2 aromatic heterocycles. The van der Waals surface area contributed by atoms with Crippen molar-refractivity contribution in [1.82, 2.24) is 20.1 Å². The van der Waals surface area contributed by atoms with Crippen molar-refractivity contribution in [3.8, 4) is 5.69 Å². The van der Waals surface area contributed by atoms with E-state index in [1.165, 1.54) is 12.1 Å². The molecule has 0 aliphatic heterocycles. The van der Waals surface area contributed by atoms with Gasteiger partial charge >= 0.3 is 0 Å². The van der Waals surface area contributed by atoms with Gasteiger partial charge in [0.05, 0.1) is 11.9 Å². The van der Waals surface area contributed by atoms with Crippen molar-refractivity contribution in [2.75, 3.05) is 0 Å². The lowest BCUT2D eigenvalue weighted by atomic mass is 10.1. The highest BCUT2D eigenvalue weighted by molar-refractivity contribution is 5.35. The number of pyridine rings is 1. The zero-order valence-corrected chi connectivity index (χ0v) is 13.2. The summed E-state index contributed by atoms with van der Waals surface area (Å²) in [4.78, 5) is 4.12. The molecule has 4 nitrogen and oxygen atoms in total. The predicted octanol–water partition coefficient (Wildman–Crippen LogP) is 3.57. The van der Waals surface area contributed by atoms with E-state index in [1.807, 2.05) is 36.1 Å². The van der Waals surface area contributed by atoms with Crippen LogP contribution in [-0.4, -0.2) is 14.8 Å². The monoisotopic (exact) mass is 310 g/mol. The van der Waals surface area contributed by atoms with Crippen molar-refractivity contribution in [3.05, 3.63) is 77.6 Å². The minimum Gasteiger partial charge on any atom is -0.306 e. The van der Waals surface area contributed by atoms with Crippen molar-refractivity contribution in [1.29, 1.82) is 0 Å². The Morgan fingerprint density at radius 1 is 1.17 bits per heavy atom. The highest BCUT2D eigenvalue weighted by atomic mass is 19.1. The average molecular weight is 310 g/mol. The predicted molar refractivity (Wildman–Crippen MR) is 87.8 cm³/mol. The highest BCUT2D eigenvalue weighted by Crippen LogP contribution is 2.20. The lowest BCUT2D eigenvalue weighted by Crippen LogP contribution is -2.18. The molecule has 3 rings (SSSR count). The van der Waals surface area contributed by atoms with Crippen LogP contribution in [0.15, 0.2) is 55.0 Å². The topological polar surface area (TPSA) is 42.7 Å². The Morgan fingerprint density at radius 3 is 2.65 bits per heavy atom. The Hall–Kier alpha value is -2.53. The number of nitrogens with one attached hydrogen (secondary N) is 1. The second-order valence-corrected chi connectivity index (χ2v) is 5.54. The van der Waals surface area contributed by atoms with Crippen LogP contribution in [0.3, 0.4) is 0 Å². The number of benzene rings is 1. The maximum atomic E-state index is 13.1. The Labute approximate surface area is 135 Å². The van der Waals surface area contributed by atoms with Crippen molar-refractivity contribution < 1.29 is 4.39 Å². The van der Waals surface area contributed by atoms with Crippen LogP contribution < -0.4 is 5.32 Å². The molecule has 0 saturated heterocycles. The zero-order chi connectivity index (χ0) is 16.2. The van der Waals surface area contributed by atoms with Crippen LogP contribution in [0, 0.1) is 12.7 Å². The normalized spacial score (nSPS) is 12.3. The maximum Gasteiger partial charge on any atom is 0.123 e. The maximum absolute atomic E-state index is 13.1. The molecule has 23 heavy (non-hydrogen) atoms. The molecule has 1 atom stereocenters. The summed E-state index contributed by atoms with van der Waals surface area (Å²) in [6.07, 6.45) is 5.48. The summed E-state index contributed by atoms with van der Waals surface area (Å²) in [6, 6.07) is 10.5. The molecule has 0 amide bonds. The van der Waals surface area contributed by atoms with Crippen LogP contribution in [0.5, 0.6) is 0 Å². The number of aromatic nitrogens is 3. The van der Waals surface area contributed by atoms with Crippen molar-refractivity contribution in [2.45, 2.75) is 26.4 Å². The number of nitrogens with zero attached hydrogens (tertiary/aromatic N) is 3. The quantitative estimate of drug-likeness (QED) is 0.783. The van der Waals surface area contributed by atoms with Gasteiger partial charge in [-0.1, -0.05) is 6.07 Å². The zero-order valence-electron chi connectivity index (χ0n) is 13.2. The van der Waals surface area contributed by atoms with Crippen molar-refractivity contribution in [2.24, 2.45) is 0 Å². The number of rotatable bonds is 5. The minimum absolute atomic E-state index is 0.157. The fourth-order valence-corrected chi connectivity index (χ4v) is 2.57. The summed E-state index contributed by atoms with van der Waals surface area (Å²) in [6.45, 7) is 4.87. The Balaban J connectivity index is 1.74. The molecule has 3 aromatic rings. The van der Waals surface area contributed by atoms with Crippen molar-refractivity contribution >= 4 is 0 Å². The van der Waals surface area contributed by atoms with Crippen LogP contribution >= 0.6 is 0 Å². The molecule has 118 valence electrons. The first kappa shape index (κ1) is 15.4. The smallest absolute Gasteiger partial charge is 0.123 e. The van der Waals surface area contributed by atoms with Gasteiger partial charge in [0.2, 0.25) is 0 Å². The molecule has 5 heteroatoms. The molecule has 0 spiro atoms. The fraction of sp³-hybridized carbons (Fsp3) is 0.222. The van der Waals surface area contributed by atoms with Crippen LogP contribution in [0.1, 0.15) is 29.8 Å². The first-order valence-corrected chi connectivity index (χ1v) is 7.58. The minimum atomic E-state index is -0.245. The van der Waals surface area contributed by atoms with Crippen LogP contribution in [0.25, 0.3) is 5.69 Å². The second-order valence-electron chi connectivity index (χ2n) is 5.54.